The first-order valence-corrected chi connectivity index (χ1v) is 8.53. The molecule has 0 bridgehead atoms. The highest BCUT2D eigenvalue weighted by Crippen LogP contribution is 2.20. The van der Waals surface area contributed by atoms with Crippen LogP contribution in [0.4, 0.5) is 4.79 Å². The van der Waals surface area contributed by atoms with Gasteiger partial charge in [0.25, 0.3) is 0 Å². The standard InChI is InChI=1S/C17H26N4O/c22-17(18-11-9-15-6-2-1-3-7-15)21-13-4-8-16(21)14-20-12-5-10-19-20/h5-6,10,12,16H,1-4,7-9,11,13-14H2,(H,18,22)/t16-/m1/s1. The van der Waals surface area contributed by atoms with Crippen LogP contribution in [0.25, 0.3) is 0 Å². The van der Waals surface area contributed by atoms with Gasteiger partial charge in [-0.2, -0.15) is 5.10 Å². The molecule has 1 N–H and O–H groups in total. The van der Waals surface area contributed by atoms with Gasteiger partial charge in [-0.1, -0.05) is 11.6 Å². The van der Waals surface area contributed by atoms with E-state index in [0.717, 1.165) is 38.9 Å². The largest absolute Gasteiger partial charge is 0.338 e. The van der Waals surface area contributed by atoms with E-state index in [2.05, 4.69) is 16.5 Å². The molecule has 3 rings (SSSR count). The van der Waals surface area contributed by atoms with Gasteiger partial charge in [-0.15, -0.1) is 0 Å². The number of nitrogens with zero attached hydrogens (tertiary/aromatic N) is 3. The maximum Gasteiger partial charge on any atom is 0.317 e. The average Bonchev–Trinajstić information content (AvgIpc) is 3.20. The second-order valence-corrected chi connectivity index (χ2v) is 6.31. The van der Waals surface area contributed by atoms with Crippen molar-refractivity contribution in [2.24, 2.45) is 0 Å². The number of rotatable bonds is 5. The lowest BCUT2D eigenvalue weighted by molar-refractivity contribution is 0.186. The van der Waals surface area contributed by atoms with E-state index < -0.39 is 0 Å². The molecule has 2 heterocycles. The van der Waals surface area contributed by atoms with Crippen LogP contribution in [0.3, 0.4) is 0 Å². The van der Waals surface area contributed by atoms with Crippen molar-refractivity contribution in [2.75, 3.05) is 13.1 Å². The molecule has 0 aromatic carbocycles. The van der Waals surface area contributed by atoms with Crippen molar-refractivity contribution in [3.8, 4) is 0 Å². The van der Waals surface area contributed by atoms with E-state index in [1.54, 1.807) is 6.20 Å². The Balaban J connectivity index is 1.45. The third kappa shape index (κ3) is 3.90. The summed E-state index contributed by atoms with van der Waals surface area (Å²) >= 11 is 0. The molecule has 1 aliphatic heterocycles. The number of carbonyl (C=O) groups excluding carboxylic acids is 1. The first-order valence-electron chi connectivity index (χ1n) is 8.53. The number of urea groups is 1. The highest BCUT2D eigenvalue weighted by molar-refractivity contribution is 5.74. The van der Waals surface area contributed by atoms with Crippen molar-refractivity contribution in [2.45, 2.75) is 57.5 Å². The van der Waals surface area contributed by atoms with Crippen molar-refractivity contribution in [3.05, 3.63) is 30.1 Å². The van der Waals surface area contributed by atoms with Crippen LogP contribution in [0.2, 0.25) is 0 Å². The Morgan fingerprint density at radius 2 is 2.32 bits per heavy atom. The number of likely N-dealkylation sites (tertiary alicyclic amines) is 1. The molecule has 0 spiro atoms. The lowest BCUT2D eigenvalue weighted by Gasteiger charge is -2.25. The maximum atomic E-state index is 12.4. The summed E-state index contributed by atoms with van der Waals surface area (Å²) in [6, 6.07) is 2.29. The van der Waals surface area contributed by atoms with Crippen LogP contribution in [0.15, 0.2) is 30.1 Å². The van der Waals surface area contributed by atoms with E-state index in [-0.39, 0.29) is 12.1 Å². The van der Waals surface area contributed by atoms with Gasteiger partial charge >= 0.3 is 6.03 Å². The van der Waals surface area contributed by atoms with Gasteiger partial charge in [-0.25, -0.2) is 4.79 Å². The molecule has 1 atom stereocenters. The monoisotopic (exact) mass is 302 g/mol. The van der Waals surface area contributed by atoms with E-state index in [1.807, 2.05) is 21.8 Å². The highest BCUT2D eigenvalue weighted by atomic mass is 16.2. The molecule has 1 fully saturated rings. The van der Waals surface area contributed by atoms with E-state index in [4.69, 9.17) is 0 Å². The third-order valence-corrected chi connectivity index (χ3v) is 4.70. The molecular formula is C17H26N4O. The molecular weight excluding hydrogens is 276 g/mol. The van der Waals surface area contributed by atoms with Gasteiger partial charge in [0.05, 0.1) is 12.6 Å². The van der Waals surface area contributed by atoms with E-state index in [9.17, 15) is 4.79 Å². The van der Waals surface area contributed by atoms with Crippen molar-refractivity contribution in [1.82, 2.24) is 20.0 Å². The smallest absolute Gasteiger partial charge is 0.317 e. The summed E-state index contributed by atoms with van der Waals surface area (Å²) < 4.78 is 1.92. The summed E-state index contributed by atoms with van der Waals surface area (Å²) in [7, 11) is 0. The molecule has 1 saturated heterocycles. The molecule has 5 heteroatoms. The number of allylic oxidation sites excluding steroid dienone is 1. The second-order valence-electron chi connectivity index (χ2n) is 6.31. The van der Waals surface area contributed by atoms with Crippen molar-refractivity contribution >= 4 is 6.03 Å². The quantitative estimate of drug-likeness (QED) is 0.850. The summed E-state index contributed by atoms with van der Waals surface area (Å²) in [5, 5.41) is 7.35. The summed E-state index contributed by atoms with van der Waals surface area (Å²) in [4.78, 5) is 14.4. The minimum absolute atomic E-state index is 0.0889. The first-order chi connectivity index (χ1) is 10.8. The van der Waals surface area contributed by atoms with Crippen LogP contribution in [-0.2, 0) is 6.54 Å². The number of carbonyl (C=O) groups is 1. The van der Waals surface area contributed by atoms with Crippen LogP contribution in [0.1, 0.15) is 44.9 Å². The fourth-order valence-corrected chi connectivity index (χ4v) is 3.48. The predicted molar refractivity (Wildman–Crippen MR) is 86.5 cm³/mol. The Kier molecular flexibility index (Phi) is 5.14. The van der Waals surface area contributed by atoms with Crippen molar-refractivity contribution < 1.29 is 4.79 Å². The molecule has 0 saturated carbocycles. The van der Waals surface area contributed by atoms with Crippen LogP contribution >= 0.6 is 0 Å². The molecule has 1 aromatic heterocycles. The van der Waals surface area contributed by atoms with E-state index in [1.165, 1.54) is 31.3 Å². The molecule has 1 aromatic rings. The molecule has 0 radical (unpaired) electrons. The molecule has 120 valence electrons. The van der Waals surface area contributed by atoms with E-state index in [0.29, 0.717) is 0 Å². The van der Waals surface area contributed by atoms with Gasteiger partial charge in [0.15, 0.2) is 0 Å². The number of amides is 2. The van der Waals surface area contributed by atoms with Crippen molar-refractivity contribution in [1.29, 1.82) is 0 Å². The second kappa shape index (κ2) is 7.47. The Bertz CT molecular complexity index is 509. The minimum Gasteiger partial charge on any atom is -0.338 e. The Morgan fingerprint density at radius 1 is 1.36 bits per heavy atom. The lowest BCUT2D eigenvalue weighted by atomic mass is 9.97. The number of hydrogen-bond donors (Lipinski definition) is 1. The SMILES string of the molecule is O=C(NCCC1=CCCCC1)N1CCC[C@@H]1Cn1cccn1. The zero-order chi connectivity index (χ0) is 15.2. The highest BCUT2D eigenvalue weighted by Gasteiger charge is 2.28. The Hall–Kier alpha value is -1.78. The van der Waals surface area contributed by atoms with Crippen LogP contribution in [0.5, 0.6) is 0 Å². The number of nitrogens with one attached hydrogen (secondary N) is 1. The molecule has 0 unspecified atom stereocenters. The lowest BCUT2D eigenvalue weighted by Crippen LogP contribution is -2.44. The van der Waals surface area contributed by atoms with Crippen molar-refractivity contribution in [3.63, 3.8) is 0 Å². The van der Waals surface area contributed by atoms with Crippen LogP contribution < -0.4 is 5.32 Å². The van der Waals surface area contributed by atoms with Crippen LogP contribution in [-0.4, -0.2) is 39.8 Å². The molecule has 5 nitrogen and oxygen atoms in total. The third-order valence-electron chi connectivity index (χ3n) is 4.70. The van der Waals surface area contributed by atoms with Crippen LogP contribution in [0, 0.1) is 0 Å². The summed E-state index contributed by atoms with van der Waals surface area (Å²) in [6.45, 7) is 2.42. The maximum absolute atomic E-state index is 12.4. The van der Waals surface area contributed by atoms with E-state index >= 15 is 0 Å². The van der Waals surface area contributed by atoms with Gasteiger partial charge in [-0.05, 0) is 51.0 Å². The average molecular weight is 302 g/mol. The predicted octanol–water partition coefficient (Wildman–Crippen LogP) is 2.95. The summed E-state index contributed by atoms with van der Waals surface area (Å²) in [6.07, 6.45) is 14.3. The summed E-state index contributed by atoms with van der Waals surface area (Å²) in [5.74, 6) is 0. The molecule has 22 heavy (non-hydrogen) atoms. The molecule has 1 aliphatic carbocycles. The molecule has 2 amide bonds. The fraction of sp³-hybridized carbons (Fsp3) is 0.647. The zero-order valence-electron chi connectivity index (χ0n) is 13.2. The Morgan fingerprint density at radius 3 is 3.09 bits per heavy atom. The normalized spacial score (nSPS) is 21.7. The van der Waals surface area contributed by atoms with Gasteiger partial charge in [0.2, 0.25) is 0 Å². The van der Waals surface area contributed by atoms with Gasteiger partial charge in [0, 0.05) is 25.5 Å². The Labute approximate surface area is 132 Å². The number of aromatic nitrogens is 2. The first kappa shape index (κ1) is 15.1. The minimum atomic E-state index is 0.0889. The summed E-state index contributed by atoms with van der Waals surface area (Å²) in [5.41, 5.74) is 1.51. The van der Waals surface area contributed by atoms with Gasteiger partial charge in [0.1, 0.15) is 0 Å². The van der Waals surface area contributed by atoms with Gasteiger partial charge < -0.3 is 10.2 Å². The molecule has 2 aliphatic rings. The fourth-order valence-electron chi connectivity index (χ4n) is 3.48. The topological polar surface area (TPSA) is 50.2 Å². The number of hydrogen-bond acceptors (Lipinski definition) is 2. The zero-order valence-corrected chi connectivity index (χ0v) is 13.2. The van der Waals surface area contributed by atoms with Gasteiger partial charge in [-0.3, -0.25) is 4.68 Å².